The zero-order valence-electron chi connectivity index (χ0n) is 8.23. The fourth-order valence-electron chi connectivity index (χ4n) is 1.79. The molecule has 1 aliphatic rings. The third-order valence-electron chi connectivity index (χ3n) is 2.63. The number of nitrogen functional groups attached to an aromatic ring is 1. The van der Waals surface area contributed by atoms with E-state index in [2.05, 4.69) is 10.3 Å². The second kappa shape index (κ2) is 3.86. The molecule has 0 aliphatic carbocycles. The summed E-state index contributed by atoms with van der Waals surface area (Å²) in [5.74, 6) is -0.760. The van der Waals surface area contributed by atoms with Crippen molar-refractivity contribution < 1.29 is 9.90 Å². The number of aromatic nitrogens is 1. The normalized spacial score (nSPS) is 20.4. The number of pyridine rings is 1. The summed E-state index contributed by atoms with van der Waals surface area (Å²) < 4.78 is 0. The average molecular weight is 207 g/mol. The highest BCUT2D eigenvalue weighted by Crippen LogP contribution is 2.22. The van der Waals surface area contributed by atoms with Crippen molar-refractivity contribution in [2.45, 2.75) is 12.3 Å². The zero-order valence-corrected chi connectivity index (χ0v) is 8.23. The number of hydrogen-bond acceptors (Lipinski definition) is 4. The molecule has 2 rings (SSSR count). The van der Waals surface area contributed by atoms with Crippen LogP contribution >= 0.6 is 0 Å². The van der Waals surface area contributed by atoms with Gasteiger partial charge in [0.15, 0.2) is 5.69 Å². The second-order valence-electron chi connectivity index (χ2n) is 3.67. The van der Waals surface area contributed by atoms with Gasteiger partial charge in [0, 0.05) is 18.2 Å². The number of nitrogens with zero attached hydrogens (tertiary/aromatic N) is 1. The summed E-state index contributed by atoms with van der Waals surface area (Å²) in [4.78, 5) is 14.9. The van der Waals surface area contributed by atoms with Crippen molar-refractivity contribution in [3.63, 3.8) is 0 Å². The molecule has 1 aromatic heterocycles. The Morgan fingerprint density at radius 1 is 1.60 bits per heavy atom. The fourth-order valence-corrected chi connectivity index (χ4v) is 1.79. The maximum atomic E-state index is 10.8. The number of carboxylic acid groups (broad SMARTS) is 1. The van der Waals surface area contributed by atoms with E-state index in [-0.39, 0.29) is 11.4 Å². The highest BCUT2D eigenvalue weighted by atomic mass is 16.4. The monoisotopic (exact) mass is 207 g/mol. The maximum Gasteiger partial charge on any atom is 0.356 e. The molecule has 0 saturated carbocycles. The molecule has 4 N–H and O–H groups in total. The standard InChI is InChI=1S/C10H13N3O2/c11-7-1-2-8(6-3-4-12-5-6)13-9(7)10(14)15/h1-2,6,12H,3-5,11H2,(H,14,15). The molecule has 0 radical (unpaired) electrons. The van der Waals surface area contributed by atoms with E-state index in [1.807, 2.05) is 0 Å². The van der Waals surface area contributed by atoms with Crippen LogP contribution in [0.3, 0.4) is 0 Å². The lowest BCUT2D eigenvalue weighted by Crippen LogP contribution is -2.12. The average Bonchev–Trinajstić information content (AvgIpc) is 2.71. The van der Waals surface area contributed by atoms with Crippen LogP contribution in [-0.2, 0) is 0 Å². The Labute approximate surface area is 87.3 Å². The third kappa shape index (κ3) is 1.92. The summed E-state index contributed by atoms with van der Waals surface area (Å²) in [6, 6.07) is 3.42. The number of nitrogens with two attached hydrogens (primary N) is 1. The summed E-state index contributed by atoms with van der Waals surface area (Å²) in [7, 11) is 0. The summed E-state index contributed by atoms with van der Waals surface area (Å²) >= 11 is 0. The van der Waals surface area contributed by atoms with Crippen LogP contribution in [0.4, 0.5) is 5.69 Å². The van der Waals surface area contributed by atoms with Gasteiger partial charge in [0.2, 0.25) is 0 Å². The lowest BCUT2D eigenvalue weighted by Gasteiger charge is -2.09. The van der Waals surface area contributed by atoms with Crippen molar-refractivity contribution in [3.05, 3.63) is 23.5 Å². The first-order chi connectivity index (χ1) is 7.18. The summed E-state index contributed by atoms with van der Waals surface area (Å²) in [6.07, 6.45) is 0.996. The van der Waals surface area contributed by atoms with Gasteiger partial charge in [-0.25, -0.2) is 9.78 Å². The summed E-state index contributed by atoms with van der Waals surface area (Å²) in [5.41, 5.74) is 6.52. The molecule has 80 valence electrons. The number of carbonyl (C=O) groups is 1. The minimum Gasteiger partial charge on any atom is -0.476 e. The van der Waals surface area contributed by atoms with Gasteiger partial charge in [-0.05, 0) is 25.1 Å². The van der Waals surface area contributed by atoms with E-state index in [4.69, 9.17) is 10.8 Å². The van der Waals surface area contributed by atoms with Crippen LogP contribution in [0.2, 0.25) is 0 Å². The molecular weight excluding hydrogens is 194 g/mol. The molecule has 0 spiro atoms. The van der Waals surface area contributed by atoms with Gasteiger partial charge in [-0.1, -0.05) is 0 Å². The number of rotatable bonds is 2. The van der Waals surface area contributed by atoms with Gasteiger partial charge in [0.25, 0.3) is 0 Å². The molecule has 0 bridgehead atoms. The molecule has 5 heteroatoms. The number of hydrogen-bond donors (Lipinski definition) is 3. The highest BCUT2D eigenvalue weighted by molar-refractivity contribution is 5.91. The lowest BCUT2D eigenvalue weighted by atomic mass is 10.0. The molecule has 1 unspecified atom stereocenters. The molecule has 0 aromatic carbocycles. The van der Waals surface area contributed by atoms with Crippen molar-refractivity contribution in [3.8, 4) is 0 Å². The Bertz CT molecular complexity index is 386. The highest BCUT2D eigenvalue weighted by Gasteiger charge is 2.20. The maximum absolute atomic E-state index is 10.8. The van der Waals surface area contributed by atoms with Crippen LogP contribution in [0.5, 0.6) is 0 Å². The quantitative estimate of drug-likeness (QED) is 0.654. The molecule has 0 amide bonds. The number of carboxylic acids is 1. The number of nitrogens with one attached hydrogen (secondary N) is 1. The number of anilines is 1. The van der Waals surface area contributed by atoms with Gasteiger partial charge in [0.05, 0.1) is 5.69 Å². The molecule has 1 saturated heterocycles. The molecular formula is C10H13N3O2. The van der Waals surface area contributed by atoms with E-state index < -0.39 is 5.97 Å². The van der Waals surface area contributed by atoms with Crippen molar-refractivity contribution >= 4 is 11.7 Å². The van der Waals surface area contributed by atoms with E-state index in [9.17, 15) is 4.79 Å². The van der Waals surface area contributed by atoms with Crippen LogP contribution in [0.1, 0.15) is 28.5 Å². The Balaban J connectivity index is 2.33. The van der Waals surface area contributed by atoms with E-state index in [0.717, 1.165) is 25.2 Å². The first-order valence-electron chi connectivity index (χ1n) is 4.89. The summed E-state index contributed by atoms with van der Waals surface area (Å²) in [6.45, 7) is 1.81. The molecule has 5 nitrogen and oxygen atoms in total. The number of aromatic carboxylic acids is 1. The molecule has 15 heavy (non-hydrogen) atoms. The van der Waals surface area contributed by atoms with Crippen molar-refractivity contribution in [2.75, 3.05) is 18.8 Å². The lowest BCUT2D eigenvalue weighted by molar-refractivity contribution is 0.0691. The van der Waals surface area contributed by atoms with Gasteiger partial charge in [-0.15, -0.1) is 0 Å². The van der Waals surface area contributed by atoms with E-state index >= 15 is 0 Å². The van der Waals surface area contributed by atoms with Crippen LogP contribution < -0.4 is 11.1 Å². The van der Waals surface area contributed by atoms with Crippen LogP contribution in [0, 0.1) is 0 Å². The molecule has 1 aromatic rings. The Hall–Kier alpha value is -1.62. The predicted octanol–water partition coefficient (Wildman–Crippen LogP) is 0.439. The largest absolute Gasteiger partial charge is 0.476 e. The second-order valence-corrected chi connectivity index (χ2v) is 3.67. The third-order valence-corrected chi connectivity index (χ3v) is 2.63. The first kappa shape index (κ1) is 9.92. The minimum atomic E-state index is -1.07. The Morgan fingerprint density at radius 3 is 3.00 bits per heavy atom. The van der Waals surface area contributed by atoms with Crippen LogP contribution in [0.25, 0.3) is 0 Å². The Kier molecular flexibility index (Phi) is 2.55. The SMILES string of the molecule is Nc1ccc(C2CCNC2)nc1C(=O)O. The van der Waals surface area contributed by atoms with Crippen molar-refractivity contribution in [2.24, 2.45) is 0 Å². The summed E-state index contributed by atoms with van der Waals surface area (Å²) in [5, 5.41) is 12.1. The van der Waals surface area contributed by atoms with E-state index in [1.54, 1.807) is 12.1 Å². The predicted molar refractivity (Wildman–Crippen MR) is 55.8 cm³/mol. The van der Waals surface area contributed by atoms with Gasteiger partial charge < -0.3 is 16.2 Å². The Morgan fingerprint density at radius 2 is 2.40 bits per heavy atom. The minimum absolute atomic E-state index is 0.0422. The van der Waals surface area contributed by atoms with Gasteiger partial charge in [0.1, 0.15) is 0 Å². The molecule has 1 aliphatic heterocycles. The van der Waals surface area contributed by atoms with E-state index in [1.165, 1.54) is 0 Å². The van der Waals surface area contributed by atoms with Crippen molar-refractivity contribution in [1.82, 2.24) is 10.3 Å². The smallest absolute Gasteiger partial charge is 0.356 e. The van der Waals surface area contributed by atoms with Gasteiger partial charge in [-0.3, -0.25) is 0 Å². The van der Waals surface area contributed by atoms with Crippen molar-refractivity contribution in [1.29, 1.82) is 0 Å². The van der Waals surface area contributed by atoms with Gasteiger partial charge in [-0.2, -0.15) is 0 Å². The first-order valence-corrected chi connectivity index (χ1v) is 4.89. The van der Waals surface area contributed by atoms with Crippen LogP contribution in [-0.4, -0.2) is 29.1 Å². The molecule has 1 atom stereocenters. The van der Waals surface area contributed by atoms with Gasteiger partial charge >= 0.3 is 5.97 Å². The van der Waals surface area contributed by atoms with Crippen LogP contribution in [0.15, 0.2) is 12.1 Å². The fraction of sp³-hybridized carbons (Fsp3) is 0.400. The zero-order chi connectivity index (χ0) is 10.8. The van der Waals surface area contributed by atoms with E-state index in [0.29, 0.717) is 5.92 Å². The molecule has 1 fully saturated rings. The molecule has 2 heterocycles. The topological polar surface area (TPSA) is 88.2 Å².